The van der Waals surface area contributed by atoms with Crippen molar-refractivity contribution in [2.24, 2.45) is 5.73 Å². The van der Waals surface area contributed by atoms with Crippen LogP contribution in [0.5, 0.6) is 11.5 Å². The number of ether oxygens (including phenoxy) is 2. The smallest absolute Gasteiger partial charge is 0.221 e. The van der Waals surface area contributed by atoms with Crippen molar-refractivity contribution in [2.75, 3.05) is 13.2 Å². The van der Waals surface area contributed by atoms with Crippen LogP contribution in [0.1, 0.15) is 18.9 Å². The van der Waals surface area contributed by atoms with Crippen molar-refractivity contribution in [2.45, 2.75) is 25.9 Å². The highest BCUT2D eigenvalue weighted by Gasteiger charge is 2.16. The second kappa shape index (κ2) is 6.12. The molecule has 0 aliphatic carbocycles. The zero-order chi connectivity index (χ0) is 13.8. The Bertz CT molecular complexity index is 477. The van der Waals surface area contributed by atoms with E-state index in [9.17, 15) is 4.79 Å². The van der Waals surface area contributed by atoms with E-state index in [0.717, 1.165) is 5.56 Å². The molecule has 1 aliphatic heterocycles. The van der Waals surface area contributed by atoms with Crippen LogP contribution in [0.3, 0.4) is 0 Å². The van der Waals surface area contributed by atoms with Gasteiger partial charge in [-0.3, -0.25) is 4.79 Å². The third-order valence-corrected chi connectivity index (χ3v) is 2.93. The summed E-state index contributed by atoms with van der Waals surface area (Å²) in [4.78, 5) is 11.5. The predicted octanol–water partition coefficient (Wildman–Crippen LogP) is 1.46. The number of hydrogen-bond donors (Lipinski definition) is 2. The van der Waals surface area contributed by atoms with Crippen LogP contribution < -0.4 is 20.5 Å². The summed E-state index contributed by atoms with van der Waals surface area (Å²) in [5.41, 5.74) is 6.43. The number of benzene rings is 1. The number of nitrogens with one attached hydrogen (secondary N) is 1. The molecule has 2 rings (SSSR count). The molecule has 19 heavy (non-hydrogen) atoms. The molecule has 3 N–H and O–H groups in total. The molecule has 0 spiro atoms. The summed E-state index contributed by atoms with van der Waals surface area (Å²) in [7, 11) is 0. The molecule has 1 aliphatic rings. The van der Waals surface area contributed by atoms with Gasteiger partial charge in [-0.1, -0.05) is 11.6 Å². The first-order valence-electron chi connectivity index (χ1n) is 6.16. The molecule has 0 saturated carbocycles. The number of amides is 1. The number of rotatable bonds is 4. The fourth-order valence-corrected chi connectivity index (χ4v) is 2.12. The number of halogens is 1. The van der Waals surface area contributed by atoms with Crippen LogP contribution in [0.25, 0.3) is 0 Å². The lowest BCUT2D eigenvalue weighted by molar-refractivity contribution is -0.121. The summed E-state index contributed by atoms with van der Waals surface area (Å²) in [6.07, 6.45) is 0.304. The number of nitrogens with two attached hydrogens (primary N) is 1. The standard InChI is InChI=1S/C13H17ClN2O3/c1-8(15)4-12(17)16-7-9-5-10(14)13-11(6-9)18-2-3-19-13/h5-6,8H,2-4,7,15H2,1H3,(H,16,17). The third kappa shape index (κ3) is 3.75. The highest BCUT2D eigenvalue weighted by Crippen LogP contribution is 2.38. The van der Waals surface area contributed by atoms with Crippen molar-refractivity contribution >= 4 is 17.5 Å². The van der Waals surface area contributed by atoms with Crippen LogP contribution >= 0.6 is 11.6 Å². The van der Waals surface area contributed by atoms with Crippen molar-refractivity contribution in [1.82, 2.24) is 5.32 Å². The predicted molar refractivity (Wildman–Crippen MR) is 72.6 cm³/mol. The topological polar surface area (TPSA) is 73.6 Å². The van der Waals surface area contributed by atoms with Crippen molar-refractivity contribution < 1.29 is 14.3 Å². The van der Waals surface area contributed by atoms with E-state index in [1.807, 2.05) is 6.07 Å². The molecule has 6 heteroatoms. The first kappa shape index (κ1) is 14.0. The molecule has 1 unspecified atom stereocenters. The lowest BCUT2D eigenvalue weighted by Gasteiger charge is -2.20. The summed E-state index contributed by atoms with van der Waals surface area (Å²) < 4.78 is 10.9. The monoisotopic (exact) mass is 284 g/mol. The lowest BCUT2D eigenvalue weighted by Crippen LogP contribution is -2.29. The molecule has 0 bridgehead atoms. The third-order valence-electron chi connectivity index (χ3n) is 2.65. The molecular formula is C13H17ClN2O3. The van der Waals surface area contributed by atoms with Crippen LogP contribution in [0.4, 0.5) is 0 Å². The van der Waals surface area contributed by atoms with Gasteiger partial charge in [0.05, 0.1) is 5.02 Å². The molecule has 0 fully saturated rings. The Kier molecular flexibility index (Phi) is 4.50. The van der Waals surface area contributed by atoms with E-state index in [-0.39, 0.29) is 11.9 Å². The lowest BCUT2D eigenvalue weighted by atomic mass is 10.2. The quantitative estimate of drug-likeness (QED) is 0.878. The highest BCUT2D eigenvalue weighted by molar-refractivity contribution is 6.32. The van der Waals surface area contributed by atoms with Gasteiger partial charge in [0.1, 0.15) is 13.2 Å². The molecule has 1 heterocycles. The summed E-state index contributed by atoms with van der Waals surface area (Å²) >= 11 is 6.11. The molecule has 5 nitrogen and oxygen atoms in total. The SMILES string of the molecule is CC(N)CC(=O)NCc1cc(Cl)c2c(c1)OCCO2. The van der Waals surface area contributed by atoms with E-state index in [1.165, 1.54) is 0 Å². The first-order valence-corrected chi connectivity index (χ1v) is 6.54. The van der Waals surface area contributed by atoms with E-state index in [2.05, 4.69) is 5.32 Å². The molecule has 1 aromatic carbocycles. The Morgan fingerprint density at radius 2 is 2.21 bits per heavy atom. The Morgan fingerprint density at radius 1 is 1.47 bits per heavy atom. The molecule has 104 valence electrons. The van der Waals surface area contributed by atoms with E-state index in [4.69, 9.17) is 26.8 Å². The van der Waals surface area contributed by atoms with Gasteiger partial charge in [-0.25, -0.2) is 0 Å². The fraction of sp³-hybridized carbons (Fsp3) is 0.462. The maximum atomic E-state index is 11.5. The second-order valence-corrected chi connectivity index (χ2v) is 4.97. The average Bonchev–Trinajstić information content (AvgIpc) is 2.36. The summed E-state index contributed by atoms with van der Waals surface area (Å²) in [6, 6.07) is 3.44. The van der Waals surface area contributed by atoms with Gasteiger partial charge in [0.25, 0.3) is 0 Å². The van der Waals surface area contributed by atoms with Gasteiger partial charge in [0.2, 0.25) is 5.91 Å². The molecule has 0 radical (unpaired) electrons. The van der Waals surface area contributed by atoms with Gasteiger partial charge < -0.3 is 20.5 Å². The number of carbonyl (C=O) groups is 1. The van der Waals surface area contributed by atoms with E-state index in [0.29, 0.717) is 42.7 Å². The second-order valence-electron chi connectivity index (χ2n) is 4.56. The van der Waals surface area contributed by atoms with Crippen molar-refractivity contribution in [3.05, 3.63) is 22.7 Å². The van der Waals surface area contributed by atoms with Crippen molar-refractivity contribution in [3.8, 4) is 11.5 Å². The van der Waals surface area contributed by atoms with Crippen LogP contribution in [0, 0.1) is 0 Å². The van der Waals surface area contributed by atoms with Crippen molar-refractivity contribution in [1.29, 1.82) is 0 Å². The molecule has 1 aromatic rings. The molecule has 1 amide bonds. The Morgan fingerprint density at radius 3 is 2.95 bits per heavy atom. The van der Waals surface area contributed by atoms with Crippen LogP contribution in [0.15, 0.2) is 12.1 Å². The van der Waals surface area contributed by atoms with E-state index >= 15 is 0 Å². The van der Waals surface area contributed by atoms with Crippen LogP contribution in [-0.4, -0.2) is 25.2 Å². The summed E-state index contributed by atoms with van der Waals surface area (Å²) in [5, 5.41) is 3.28. The van der Waals surface area contributed by atoms with E-state index in [1.54, 1.807) is 13.0 Å². The minimum absolute atomic E-state index is 0.0824. The van der Waals surface area contributed by atoms with Crippen LogP contribution in [0.2, 0.25) is 5.02 Å². The molecule has 0 saturated heterocycles. The zero-order valence-corrected chi connectivity index (χ0v) is 11.5. The van der Waals surface area contributed by atoms with E-state index < -0.39 is 0 Å². The first-order chi connectivity index (χ1) is 9.06. The van der Waals surface area contributed by atoms with Gasteiger partial charge in [0, 0.05) is 19.0 Å². The van der Waals surface area contributed by atoms with Gasteiger partial charge in [-0.05, 0) is 24.6 Å². The molecule has 1 atom stereocenters. The van der Waals surface area contributed by atoms with Gasteiger partial charge in [-0.15, -0.1) is 0 Å². The summed E-state index contributed by atoms with van der Waals surface area (Å²) in [6.45, 7) is 3.18. The number of hydrogen-bond acceptors (Lipinski definition) is 4. The normalized spacial score (nSPS) is 14.9. The Labute approximate surface area is 117 Å². The average molecular weight is 285 g/mol. The van der Waals surface area contributed by atoms with Gasteiger partial charge in [0.15, 0.2) is 11.5 Å². The number of fused-ring (bicyclic) bond motifs is 1. The molecule has 0 aromatic heterocycles. The number of carbonyl (C=O) groups excluding carboxylic acids is 1. The summed E-state index contributed by atoms with van der Waals surface area (Å²) in [5.74, 6) is 1.11. The fourth-order valence-electron chi connectivity index (χ4n) is 1.83. The Balaban J connectivity index is 2.01. The molecular weight excluding hydrogens is 268 g/mol. The zero-order valence-electron chi connectivity index (χ0n) is 10.7. The largest absolute Gasteiger partial charge is 0.486 e. The maximum absolute atomic E-state index is 11.5. The van der Waals surface area contributed by atoms with Gasteiger partial charge in [-0.2, -0.15) is 0 Å². The minimum atomic E-state index is -0.149. The minimum Gasteiger partial charge on any atom is -0.486 e. The Hall–Kier alpha value is -1.46. The van der Waals surface area contributed by atoms with Crippen molar-refractivity contribution in [3.63, 3.8) is 0 Å². The maximum Gasteiger partial charge on any atom is 0.221 e. The van der Waals surface area contributed by atoms with Crippen LogP contribution in [-0.2, 0) is 11.3 Å². The highest BCUT2D eigenvalue weighted by atomic mass is 35.5. The van der Waals surface area contributed by atoms with Gasteiger partial charge >= 0.3 is 0 Å².